The molecule has 0 fully saturated rings. The molecule has 1 rings (SSSR count). The maximum atomic E-state index is 5.29. The van der Waals surface area contributed by atoms with Crippen LogP contribution in [0.15, 0.2) is 24.3 Å². The third-order valence-corrected chi connectivity index (χ3v) is 2.52. The van der Waals surface area contributed by atoms with Gasteiger partial charge in [0, 0.05) is 19.1 Å². The summed E-state index contributed by atoms with van der Waals surface area (Å²) in [5.74, 6) is 2.66. The lowest BCUT2D eigenvalue weighted by molar-refractivity contribution is 0.369. The van der Waals surface area contributed by atoms with E-state index in [2.05, 4.69) is 54.3 Å². The molecular weight excluding hydrogens is 208 g/mol. The van der Waals surface area contributed by atoms with Crippen molar-refractivity contribution in [3.63, 3.8) is 0 Å². The molecule has 0 saturated heterocycles. The molecule has 0 atom stereocenters. The summed E-state index contributed by atoms with van der Waals surface area (Å²) >= 11 is 0. The molecule has 0 aliphatic heterocycles. The first-order valence-corrected chi connectivity index (χ1v) is 6.05. The zero-order chi connectivity index (χ0) is 12.7. The van der Waals surface area contributed by atoms with Gasteiger partial charge in [-0.1, -0.05) is 44.0 Å². The van der Waals surface area contributed by atoms with Crippen LogP contribution in [0.25, 0.3) is 0 Å². The molecule has 0 saturated carbocycles. The molecule has 0 spiro atoms. The molecule has 0 amide bonds. The molecule has 2 heteroatoms. The Labute approximate surface area is 105 Å². The molecule has 0 aliphatic carbocycles. The predicted octanol–water partition coefficient (Wildman–Crippen LogP) is 2.25. The Morgan fingerprint density at radius 2 is 2.06 bits per heavy atom. The summed E-state index contributed by atoms with van der Waals surface area (Å²) in [7, 11) is 2.04. The molecule has 0 unspecified atom stereocenters. The first-order chi connectivity index (χ1) is 8.11. The number of terminal acetylenes is 1. The van der Waals surface area contributed by atoms with Crippen LogP contribution in [0.1, 0.15) is 25.0 Å². The van der Waals surface area contributed by atoms with Crippen molar-refractivity contribution >= 4 is 0 Å². The van der Waals surface area contributed by atoms with Gasteiger partial charge in [-0.25, -0.2) is 0 Å². The third kappa shape index (κ3) is 5.53. The second-order valence-corrected chi connectivity index (χ2v) is 4.73. The molecule has 0 heterocycles. The van der Waals surface area contributed by atoms with Crippen molar-refractivity contribution in [3.05, 3.63) is 35.4 Å². The minimum atomic E-state index is 0.516. The smallest absolute Gasteiger partial charge is 0.0599 e. The fraction of sp³-hybridized carbons (Fsp3) is 0.467. The van der Waals surface area contributed by atoms with Crippen molar-refractivity contribution in [2.24, 2.45) is 0 Å². The van der Waals surface area contributed by atoms with Gasteiger partial charge in [0.1, 0.15) is 0 Å². The van der Waals surface area contributed by atoms with Crippen molar-refractivity contribution in [3.8, 4) is 12.3 Å². The molecule has 1 aromatic rings. The number of hydrogen-bond donors (Lipinski definition) is 1. The van der Waals surface area contributed by atoms with E-state index < -0.39 is 0 Å². The fourth-order valence-electron chi connectivity index (χ4n) is 1.68. The van der Waals surface area contributed by atoms with Gasteiger partial charge >= 0.3 is 0 Å². The van der Waals surface area contributed by atoms with Crippen LogP contribution < -0.4 is 5.32 Å². The summed E-state index contributed by atoms with van der Waals surface area (Å²) in [6.45, 7) is 6.83. The van der Waals surface area contributed by atoms with E-state index in [0.29, 0.717) is 12.6 Å². The van der Waals surface area contributed by atoms with E-state index >= 15 is 0 Å². The maximum Gasteiger partial charge on any atom is 0.0599 e. The fourth-order valence-corrected chi connectivity index (χ4v) is 1.68. The van der Waals surface area contributed by atoms with Crippen LogP contribution in [0.3, 0.4) is 0 Å². The highest BCUT2D eigenvalue weighted by Gasteiger charge is 2.00. The zero-order valence-electron chi connectivity index (χ0n) is 11.0. The first-order valence-electron chi connectivity index (χ1n) is 6.05. The molecule has 0 radical (unpaired) electrons. The molecule has 1 aromatic carbocycles. The second kappa shape index (κ2) is 7.11. The molecule has 0 aromatic heterocycles. The summed E-state index contributed by atoms with van der Waals surface area (Å²) < 4.78 is 0. The Balaban J connectivity index is 2.56. The molecule has 0 bridgehead atoms. The second-order valence-electron chi connectivity index (χ2n) is 4.73. The average Bonchev–Trinajstić information content (AvgIpc) is 2.27. The van der Waals surface area contributed by atoms with Crippen LogP contribution in [0.2, 0.25) is 0 Å². The Morgan fingerprint density at radius 1 is 1.35 bits per heavy atom. The van der Waals surface area contributed by atoms with Gasteiger partial charge in [0.05, 0.1) is 6.54 Å². The van der Waals surface area contributed by atoms with Crippen LogP contribution in [-0.4, -0.2) is 24.5 Å². The van der Waals surface area contributed by atoms with Crippen LogP contribution in [0.4, 0.5) is 0 Å². The van der Waals surface area contributed by atoms with Gasteiger partial charge in [-0.05, 0) is 18.2 Å². The molecule has 92 valence electrons. The lowest BCUT2D eigenvalue weighted by Crippen LogP contribution is -2.22. The monoisotopic (exact) mass is 230 g/mol. The topological polar surface area (TPSA) is 15.3 Å². The lowest BCUT2D eigenvalue weighted by atomic mass is 10.1. The van der Waals surface area contributed by atoms with Crippen molar-refractivity contribution in [2.45, 2.75) is 33.0 Å². The predicted molar refractivity (Wildman–Crippen MR) is 73.6 cm³/mol. The largest absolute Gasteiger partial charge is 0.310 e. The number of rotatable bonds is 6. The van der Waals surface area contributed by atoms with E-state index in [4.69, 9.17) is 6.42 Å². The van der Waals surface area contributed by atoms with Gasteiger partial charge < -0.3 is 5.32 Å². The number of hydrogen-bond acceptors (Lipinski definition) is 2. The average molecular weight is 230 g/mol. The van der Waals surface area contributed by atoms with Gasteiger partial charge in [0.25, 0.3) is 0 Å². The van der Waals surface area contributed by atoms with Crippen molar-refractivity contribution in [1.29, 1.82) is 0 Å². The summed E-state index contributed by atoms with van der Waals surface area (Å²) in [4.78, 5) is 2.13. The molecule has 17 heavy (non-hydrogen) atoms. The zero-order valence-corrected chi connectivity index (χ0v) is 11.0. The molecular formula is C15H22N2. The maximum absolute atomic E-state index is 5.29. The lowest BCUT2D eigenvalue weighted by Gasteiger charge is -2.14. The van der Waals surface area contributed by atoms with E-state index in [-0.39, 0.29) is 0 Å². The van der Waals surface area contributed by atoms with E-state index in [1.165, 1.54) is 11.1 Å². The highest BCUT2D eigenvalue weighted by atomic mass is 15.1. The van der Waals surface area contributed by atoms with E-state index in [1.54, 1.807) is 0 Å². The quantitative estimate of drug-likeness (QED) is 0.754. The Bertz CT molecular complexity index is 377. The Kier molecular flexibility index (Phi) is 5.76. The summed E-state index contributed by atoms with van der Waals surface area (Å²) in [6.07, 6.45) is 5.29. The SMILES string of the molecule is C#CCN(C)Cc1cccc(CNC(C)C)c1. The van der Waals surface area contributed by atoms with E-state index in [1.807, 2.05) is 7.05 Å². The van der Waals surface area contributed by atoms with Crippen molar-refractivity contribution in [2.75, 3.05) is 13.6 Å². The van der Waals surface area contributed by atoms with Crippen LogP contribution >= 0.6 is 0 Å². The van der Waals surface area contributed by atoms with E-state index in [9.17, 15) is 0 Å². The van der Waals surface area contributed by atoms with Gasteiger partial charge in [0.2, 0.25) is 0 Å². The van der Waals surface area contributed by atoms with Crippen LogP contribution in [0, 0.1) is 12.3 Å². The van der Waals surface area contributed by atoms with Crippen molar-refractivity contribution in [1.82, 2.24) is 10.2 Å². The van der Waals surface area contributed by atoms with Crippen LogP contribution in [-0.2, 0) is 13.1 Å². The minimum absolute atomic E-state index is 0.516. The minimum Gasteiger partial charge on any atom is -0.310 e. The first kappa shape index (κ1) is 13.8. The van der Waals surface area contributed by atoms with Gasteiger partial charge in [0.15, 0.2) is 0 Å². The molecule has 1 N–H and O–H groups in total. The number of nitrogens with one attached hydrogen (secondary N) is 1. The number of benzene rings is 1. The van der Waals surface area contributed by atoms with Crippen LogP contribution in [0.5, 0.6) is 0 Å². The third-order valence-electron chi connectivity index (χ3n) is 2.52. The number of nitrogens with zero attached hydrogens (tertiary/aromatic N) is 1. The highest BCUT2D eigenvalue weighted by Crippen LogP contribution is 2.07. The Morgan fingerprint density at radius 3 is 2.71 bits per heavy atom. The summed E-state index contributed by atoms with van der Waals surface area (Å²) in [5, 5.41) is 3.42. The van der Waals surface area contributed by atoms with Crippen molar-refractivity contribution < 1.29 is 0 Å². The van der Waals surface area contributed by atoms with Gasteiger partial charge in [-0.2, -0.15) is 0 Å². The molecule has 0 aliphatic rings. The molecule has 2 nitrogen and oxygen atoms in total. The normalized spacial score (nSPS) is 10.8. The standard InChI is InChI=1S/C15H22N2/c1-5-9-17(4)12-15-8-6-7-14(10-15)11-16-13(2)3/h1,6-8,10,13,16H,9,11-12H2,2-4H3. The van der Waals surface area contributed by atoms with Gasteiger partial charge in [-0.3, -0.25) is 4.90 Å². The highest BCUT2D eigenvalue weighted by molar-refractivity contribution is 5.23. The summed E-state index contributed by atoms with van der Waals surface area (Å²) in [6, 6.07) is 9.16. The van der Waals surface area contributed by atoms with Gasteiger partial charge in [-0.15, -0.1) is 6.42 Å². The Hall–Kier alpha value is -1.30. The van der Waals surface area contributed by atoms with E-state index in [0.717, 1.165) is 13.1 Å². The summed E-state index contributed by atoms with van der Waals surface area (Å²) in [5.41, 5.74) is 2.64.